The Morgan fingerprint density at radius 3 is 2.87 bits per heavy atom. The molecule has 4 aliphatic rings. The van der Waals surface area contributed by atoms with Crippen LogP contribution in [0, 0.1) is 28.6 Å². The topological polar surface area (TPSA) is 82.7 Å². The van der Waals surface area contributed by atoms with E-state index in [9.17, 15) is 10.1 Å². The normalized spacial score (nSPS) is 36.4. The lowest BCUT2D eigenvalue weighted by Crippen LogP contribution is -2.52. The van der Waals surface area contributed by atoms with Crippen molar-refractivity contribution in [1.82, 2.24) is 0 Å². The Labute approximate surface area is 179 Å². The van der Waals surface area contributed by atoms with Gasteiger partial charge in [-0.05, 0) is 86.8 Å². The van der Waals surface area contributed by atoms with E-state index in [1.165, 1.54) is 11.1 Å². The number of esters is 1. The fourth-order valence-corrected chi connectivity index (χ4v) is 6.93. The molecule has 5 nitrogen and oxygen atoms in total. The minimum Gasteiger partial charge on any atom is -0.457 e. The van der Waals surface area contributed by atoms with Crippen LogP contribution < -0.4 is 0 Å². The molecule has 2 fully saturated rings. The summed E-state index contributed by atoms with van der Waals surface area (Å²) in [7, 11) is 0. The average molecular weight is 411 g/mol. The molecule has 4 rings (SSSR count). The summed E-state index contributed by atoms with van der Waals surface area (Å²) in [5, 5.41) is 22.2. The molecule has 5 heteroatoms. The van der Waals surface area contributed by atoms with Crippen molar-refractivity contribution in [2.24, 2.45) is 22.4 Å². The van der Waals surface area contributed by atoms with Crippen molar-refractivity contribution >= 4 is 11.7 Å². The summed E-state index contributed by atoms with van der Waals surface area (Å²) < 4.78 is 6.20. The van der Waals surface area contributed by atoms with Crippen molar-refractivity contribution in [3.63, 3.8) is 0 Å². The minimum atomic E-state index is -0.632. The standard InChI is InChI=1S/C25H34N2O3/c1-3-4-5-23(28)30-25(14-15-26)13-11-22-21-8-6-17-16-18(27-29)7-9-19(17)20(21)10-12-24(22,25)2/h16,21-22,29H,3-14H2,1-2H3/t21?,22?,24-,25+/m0/s1. The summed E-state index contributed by atoms with van der Waals surface area (Å²) in [5.41, 5.74) is 4.48. The first-order valence-corrected chi connectivity index (χ1v) is 11.7. The van der Waals surface area contributed by atoms with Crippen molar-refractivity contribution in [2.75, 3.05) is 0 Å². The molecular formula is C25H34N2O3. The SMILES string of the molecule is CCCCC(=O)O[C@@]1(CC#N)CCC2C3CCC4=CC(=NO)CCC4=C3CC[C@@]21C. The molecule has 162 valence electrons. The maximum atomic E-state index is 12.6. The van der Waals surface area contributed by atoms with Crippen molar-refractivity contribution in [3.8, 4) is 6.07 Å². The third-order valence-electron chi connectivity index (χ3n) is 8.57. The molecule has 0 aromatic carbocycles. The smallest absolute Gasteiger partial charge is 0.306 e. The van der Waals surface area contributed by atoms with E-state index in [4.69, 9.17) is 9.94 Å². The second kappa shape index (κ2) is 8.21. The van der Waals surface area contributed by atoms with Gasteiger partial charge in [0, 0.05) is 11.8 Å². The van der Waals surface area contributed by atoms with Gasteiger partial charge in [0.2, 0.25) is 0 Å². The van der Waals surface area contributed by atoms with Gasteiger partial charge in [-0.2, -0.15) is 5.26 Å². The molecule has 2 unspecified atom stereocenters. The number of fused-ring (bicyclic) bond motifs is 4. The highest BCUT2D eigenvalue weighted by Gasteiger charge is 2.63. The van der Waals surface area contributed by atoms with Gasteiger partial charge < -0.3 is 9.94 Å². The van der Waals surface area contributed by atoms with Crippen molar-refractivity contribution in [2.45, 2.75) is 96.5 Å². The Bertz CT molecular complexity index is 849. The molecule has 0 saturated heterocycles. The molecular weight excluding hydrogens is 376 g/mol. The highest BCUT2D eigenvalue weighted by atomic mass is 16.6. The zero-order chi connectivity index (χ0) is 21.4. The minimum absolute atomic E-state index is 0.130. The number of ether oxygens (including phenoxy) is 1. The quantitative estimate of drug-likeness (QED) is 0.351. The predicted octanol–water partition coefficient (Wildman–Crippen LogP) is 5.84. The van der Waals surface area contributed by atoms with Crippen LogP contribution in [0.3, 0.4) is 0 Å². The number of nitriles is 1. The molecule has 0 heterocycles. The van der Waals surface area contributed by atoms with Crippen molar-refractivity contribution in [3.05, 3.63) is 22.8 Å². The maximum Gasteiger partial charge on any atom is 0.306 e. The molecule has 0 aromatic rings. The van der Waals surface area contributed by atoms with Gasteiger partial charge in [-0.1, -0.05) is 31.0 Å². The van der Waals surface area contributed by atoms with E-state index in [2.05, 4.69) is 31.1 Å². The number of allylic oxidation sites excluding steroid dienone is 4. The Kier molecular flexibility index (Phi) is 5.79. The molecule has 30 heavy (non-hydrogen) atoms. The van der Waals surface area contributed by atoms with Crippen molar-refractivity contribution < 1.29 is 14.7 Å². The number of rotatable bonds is 5. The zero-order valence-corrected chi connectivity index (χ0v) is 18.4. The highest BCUT2D eigenvalue weighted by molar-refractivity contribution is 5.97. The van der Waals surface area contributed by atoms with Crippen LogP contribution in [0.1, 0.15) is 90.9 Å². The number of nitrogens with zero attached hydrogens (tertiary/aromatic N) is 2. The van der Waals surface area contributed by atoms with E-state index in [0.29, 0.717) is 24.7 Å². The third kappa shape index (κ3) is 3.29. The van der Waals surface area contributed by atoms with E-state index in [0.717, 1.165) is 69.9 Å². The second-order valence-corrected chi connectivity index (χ2v) is 9.88. The van der Waals surface area contributed by atoms with E-state index < -0.39 is 5.60 Å². The molecule has 4 atom stereocenters. The number of hydrogen-bond donors (Lipinski definition) is 1. The highest BCUT2D eigenvalue weighted by Crippen LogP contribution is 2.65. The summed E-state index contributed by atoms with van der Waals surface area (Å²) in [4.78, 5) is 12.6. The van der Waals surface area contributed by atoms with Crippen LogP contribution in [0.2, 0.25) is 0 Å². The average Bonchev–Trinajstić information content (AvgIpc) is 3.03. The van der Waals surface area contributed by atoms with Crippen LogP contribution in [0.25, 0.3) is 0 Å². The Morgan fingerprint density at radius 1 is 1.30 bits per heavy atom. The summed E-state index contributed by atoms with van der Waals surface area (Å²) in [6.45, 7) is 4.37. The van der Waals surface area contributed by atoms with Crippen LogP contribution in [0.4, 0.5) is 0 Å². The van der Waals surface area contributed by atoms with Crippen molar-refractivity contribution in [1.29, 1.82) is 5.26 Å². The third-order valence-corrected chi connectivity index (χ3v) is 8.57. The molecule has 0 aliphatic heterocycles. The monoisotopic (exact) mass is 410 g/mol. The lowest BCUT2D eigenvalue weighted by atomic mass is 9.54. The molecule has 0 bridgehead atoms. The van der Waals surface area contributed by atoms with Gasteiger partial charge >= 0.3 is 5.97 Å². The number of hydrogen-bond acceptors (Lipinski definition) is 5. The largest absolute Gasteiger partial charge is 0.457 e. The van der Waals surface area contributed by atoms with Crippen LogP contribution >= 0.6 is 0 Å². The zero-order valence-electron chi connectivity index (χ0n) is 18.4. The van der Waals surface area contributed by atoms with Crippen LogP contribution in [0.15, 0.2) is 28.0 Å². The summed E-state index contributed by atoms with van der Waals surface area (Å²) in [6.07, 6.45) is 12.4. The number of oxime groups is 1. The first-order valence-electron chi connectivity index (χ1n) is 11.7. The first-order chi connectivity index (χ1) is 14.5. The second-order valence-electron chi connectivity index (χ2n) is 9.88. The summed E-state index contributed by atoms with van der Waals surface area (Å²) in [6, 6.07) is 2.36. The van der Waals surface area contributed by atoms with E-state index >= 15 is 0 Å². The van der Waals surface area contributed by atoms with Crippen LogP contribution in [-0.4, -0.2) is 22.5 Å². The van der Waals surface area contributed by atoms with E-state index in [1.54, 1.807) is 5.57 Å². The maximum absolute atomic E-state index is 12.6. The fraction of sp³-hybridized carbons (Fsp3) is 0.720. The fourth-order valence-electron chi connectivity index (χ4n) is 6.93. The van der Waals surface area contributed by atoms with Gasteiger partial charge in [0.25, 0.3) is 0 Å². The molecule has 0 radical (unpaired) electrons. The van der Waals surface area contributed by atoms with Gasteiger partial charge in [-0.25, -0.2) is 0 Å². The van der Waals surface area contributed by atoms with Gasteiger partial charge in [0.05, 0.1) is 18.2 Å². The Hall–Kier alpha value is -2.09. The lowest BCUT2D eigenvalue weighted by Gasteiger charge is -2.52. The number of carbonyl (C=O) groups is 1. The van der Waals surface area contributed by atoms with Crippen LogP contribution in [-0.2, 0) is 9.53 Å². The summed E-state index contributed by atoms with van der Waals surface area (Å²) >= 11 is 0. The molecule has 1 N–H and O–H groups in total. The molecule has 2 saturated carbocycles. The molecule has 0 spiro atoms. The number of carbonyl (C=O) groups excluding carboxylic acids is 1. The summed E-state index contributed by atoms with van der Waals surface area (Å²) in [5.74, 6) is 0.865. The van der Waals surface area contributed by atoms with Gasteiger partial charge in [0.1, 0.15) is 5.60 Å². The Balaban J connectivity index is 1.63. The van der Waals surface area contributed by atoms with Gasteiger partial charge in [-0.3, -0.25) is 4.79 Å². The molecule has 0 amide bonds. The molecule has 0 aromatic heterocycles. The molecule has 4 aliphatic carbocycles. The van der Waals surface area contributed by atoms with E-state index in [1.807, 2.05) is 0 Å². The number of unbranched alkanes of at least 4 members (excludes halogenated alkanes) is 1. The van der Waals surface area contributed by atoms with Gasteiger partial charge in [-0.15, -0.1) is 0 Å². The predicted molar refractivity (Wildman–Crippen MR) is 115 cm³/mol. The van der Waals surface area contributed by atoms with Crippen LogP contribution in [0.5, 0.6) is 0 Å². The lowest BCUT2D eigenvalue weighted by molar-refractivity contribution is -0.177. The first kappa shape index (κ1) is 21.2. The Morgan fingerprint density at radius 2 is 2.13 bits per heavy atom. The van der Waals surface area contributed by atoms with Gasteiger partial charge in [0.15, 0.2) is 0 Å². The van der Waals surface area contributed by atoms with E-state index in [-0.39, 0.29) is 11.4 Å².